The minimum absolute atomic E-state index is 0.0872. The Morgan fingerprint density at radius 1 is 1.03 bits per heavy atom. The number of anilines is 1. The van der Waals surface area contributed by atoms with Crippen LogP contribution in [-0.4, -0.2) is 42.2 Å². The van der Waals surface area contributed by atoms with Crippen molar-refractivity contribution in [3.8, 4) is 11.3 Å². The number of carbonyl (C=O) groups is 3. The van der Waals surface area contributed by atoms with Crippen LogP contribution in [0.1, 0.15) is 22.8 Å². The molecule has 1 aromatic heterocycles. The number of carboxylic acid groups (broad SMARTS) is 1. The number of esters is 2. The van der Waals surface area contributed by atoms with Crippen LogP contribution < -0.4 is 5.32 Å². The van der Waals surface area contributed by atoms with Crippen LogP contribution in [0, 0.1) is 0 Å². The molecule has 2 N–H and O–H groups in total. The predicted molar refractivity (Wildman–Crippen MR) is 119 cm³/mol. The molecule has 2 aromatic carbocycles. The molecule has 0 atom stereocenters. The quantitative estimate of drug-likeness (QED) is 0.426. The molecule has 0 saturated carbocycles. The van der Waals surface area contributed by atoms with Gasteiger partial charge in [-0.2, -0.15) is 0 Å². The minimum Gasteiger partial charge on any atom is -0.478 e. The second kappa shape index (κ2) is 9.74. The first kappa shape index (κ1) is 22.5. The van der Waals surface area contributed by atoms with E-state index in [0.29, 0.717) is 27.8 Å². The zero-order valence-electron chi connectivity index (χ0n) is 17.8. The van der Waals surface area contributed by atoms with E-state index in [9.17, 15) is 19.5 Å². The SMILES string of the molecule is CCc1ccc2nc(-c3ccc(N/C(=C/C(=O)OC)C(=O)OC)cc3)cc(C(=O)O)c2c1. The van der Waals surface area contributed by atoms with Gasteiger partial charge >= 0.3 is 17.9 Å². The largest absolute Gasteiger partial charge is 0.478 e. The predicted octanol–water partition coefficient (Wildman–Crippen LogP) is 3.80. The summed E-state index contributed by atoms with van der Waals surface area (Å²) in [5.41, 5.74) is 3.42. The molecule has 1 heterocycles. The van der Waals surface area contributed by atoms with E-state index in [0.717, 1.165) is 18.1 Å². The van der Waals surface area contributed by atoms with Gasteiger partial charge in [0.25, 0.3) is 0 Å². The number of nitrogens with zero attached hydrogens (tertiary/aromatic N) is 1. The number of benzene rings is 2. The Labute approximate surface area is 184 Å². The highest BCUT2D eigenvalue weighted by molar-refractivity contribution is 6.04. The number of methoxy groups -OCH3 is 2. The summed E-state index contributed by atoms with van der Waals surface area (Å²) in [4.78, 5) is 39.9. The van der Waals surface area contributed by atoms with Crippen LogP contribution in [0.2, 0.25) is 0 Å². The van der Waals surface area contributed by atoms with E-state index in [1.807, 2.05) is 25.1 Å². The number of pyridine rings is 1. The van der Waals surface area contributed by atoms with Crippen molar-refractivity contribution >= 4 is 34.5 Å². The third kappa shape index (κ3) is 4.92. The van der Waals surface area contributed by atoms with E-state index in [-0.39, 0.29) is 11.3 Å². The number of ether oxygens (including phenoxy) is 2. The first-order valence-electron chi connectivity index (χ1n) is 9.78. The van der Waals surface area contributed by atoms with Crippen molar-refractivity contribution < 1.29 is 29.0 Å². The maximum atomic E-state index is 11.9. The monoisotopic (exact) mass is 434 g/mol. The van der Waals surface area contributed by atoms with Crippen LogP contribution in [0.25, 0.3) is 22.2 Å². The minimum atomic E-state index is -1.03. The number of aromatic carboxylic acids is 1. The molecule has 164 valence electrons. The van der Waals surface area contributed by atoms with Crippen LogP contribution in [-0.2, 0) is 25.5 Å². The van der Waals surface area contributed by atoms with Crippen molar-refractivity contribution in [1.82, 2.24) is 4.98 Å². The topological polar surface area (TPSA) is 115 Å². The Kier molecular flexibility index (Phi) is 6.84. The van der Waals surface area contributed by atoms with Gasteiger partial charge in [-0.05, 0) is 42.3 Å². The van der Waals surface area contributed by atoms with E-state index in [2.05, 4.69) is 19.8 Å². The maximum Gasteiger partial charge on any atom is 0.354 e. The fourth-order valence-electron chi connectivity index (χ4n) is 3.13. The van der Waals surface area contributed by atoms with Gasteiger partial charge in [-0.1, -0.05) is 25.1 Å². The molecular formula is C24H22N2O6. The molecule has 0 radical (unpaired) electrons. The van der Waals surface area contributed by atoms with Crippen LogP contribution >= 0.6 is 0 Å². The number of hydrogen-bond donors (Lipinski definition) is 2. The summed E-state index contributed by atoms with van der Waals surface area (Å²) in [6, 6.07) is 14.0. The molecule has 0 aliphatic heterocycles. The number of aromatic nitrogens is 1. The Morgan fingerprint density at radius 3 is 2.34 bits per heavy atom. The van der Waals surface area contributed by atoms with Crippen molar-refractivity contribution in [1.29, 1.82) is 0 Å². The zero-order chi connectivity index (χ0) is 23.3. The van der Waals surface area contributed by atoms with Crippen LogP contribution in [0.15, 0.2) is 60.3 Å². The third-order valence-corrected chi connectivity index (χ3v) is 4.84. The average Bonchev–Trinajstić information content (AvgIpc) is 2.82. The average molecular weight is 434 g/mol. The molecule has 3 rings (SSSR count). The number of nitrogens with one attached hydrogen (secondary N) is 1. The summed E-state index contributed by atoms with van der Waals surface area (Å²) < 4.78 is 9.22. The number of carbonyl (C=O) groups excluding carboxylic acids is 2. The molecule has 8 heteroatoms. The van der Waals surface area contributed by atoms with Gasteiger partial charge in [0, 0.05) is 16.6 Å². The number of fused-ring (bicyclic) bond motifs is 1. The molecule has 0 unspecified atom stereocenters. The summed E-state index contributed by atoms with van der Waals surface area (Å²) in [6.07, 6.45) is 1.79. The van der Waals surface area contributed by atoms with Gasteiger partial charge in [0.05, 0.1) is 37.1 Å². The maximum absolute atomic E-state index is 11.9. The lowest BCUT2D eigenvalue weighted by Crippen LogP contribution is -2.15. The van der Waals surface area contributed by atoms with Crippen molar-refractivity contribution in [2.45, 2.75) is 13.3 Å². The van der Waals surface area contributed by atoms with Gasteiger partial charge < -0.3 is 19.9 Å². The molecule has 8 nitrogen and oxygen atoms in total. The highest BCUT2D eigenvalue weighted by Crippen LogP contribution is 2.27. The van der Waals surface area contributed by atoms with E-state index in [1.54, 1.807) is 30.3 Å². The molecule has 3 aromatic rings. The van der Waals surface area contributed by atoms with Gasteiger partial charge in [0.2, 0.25) is 0 Å². The summed E-state index contributed by atoms with van der Waals surface area (Å²) in [6.45, 7) is 2.00. The van der Waals surface area contributed by atoms with Gasteiger partial charge in [-0.15, -0.1) is 0 Å². The molecule has 0 saturated heterocycles. The lowest BCUT2D eigenvalue weighted by molar-refractivity contribution is -0.138. The number of aryl methyl sites for hydroxylation is 1. The number of rotatable bonds is 7. The fourth-order valence-corrected chi connectivity index (χ4v) is 3.13. The van der Waals surface area contributed by atoms with E-state index in [4.69, 9.17) is 0 Å². The lowest BCUT2D eigenvalue weighted by atomic mass is 10.0. The highest BCUT2D eigenvalue weighted by Gasteiger charge is 2.15. The van der Waals surface area contributed by atoms with Crippen LogP contribution in [0.3, 0.4) is 0 Å². The Bertz CT molecular complexity index is 1220. The molecule has 0 aliphatic carbocycles. The van der Waals surface area contributed by atoms with Crippen LogP contribution in [0.4, 0.5) is 5.69 Å². The van der Waals surface area contributed by atoms with E-state index < -0.39 is 17.9 Å². The lowest BCUT2D eigenvalue weighted by Gasteiger charge is -2.11. The molecule has 0 amide bonds. The standard InChI is InChI=1S/C24H22N2O6/c1-4-14-5-10-19-17(11-14)18(23(28)29)12-20(26-19)15-6-8-16(9-7-15)25-21(24(30)32-3)13-22(27)31-2/h5-13,25H,4H2,1-3H3,(H,28,29)/b21-13+. The Balaban J connectivity index is 1.96. The van der Waals surface area contributed by atoms with Gasteiger partial charge in [-0.25, -0.2) is 19.4 Å². The van der Waals surface area contributed by atoms with Gasteiger partial charge in [0.15, 0.2) is 0 Å². The molecule has 0 spiro atoms. The van der Waals surface area contributed by atoms with Gasteiger partial charge in [0.1, 0.15) is 5.70 Å². The first-order chi connectivity index (χ1) is 15.4. The first-order valence-corrected chi connectivity index (χ1v) is 9.78. The van der Waals surface area contributed by atoms with Gasteiger partial charge in [-0.3, -0.25) is 0 Å². The van der Waals surface area contributed by atoms with Crippen molar-refractivity contribution in [2.24, 2.45) is 0 Å². The highest BCUT2D eigenvalue weighted by atomic mass is 16.5. The molecule has 0 fully saturated rings. The molecule has 32 heavy (non-hydrogen) atoms. The summed E-state index contributed by atoms with van der Waals surface area (Å²) in [5.74, 6) is -2.46. The Morgan fingerprint density at radius 2 is 1.75 bits per heavy atom. The molecule has 0 aliphatic rings. The van der Waals surface area contributed by atoms with Crippen LogP contribution in [0.5, 0.6) is 0 Å². The van der Waals surface area contributed by atoms with E-state index >= 15 is 0 Å². The van der Waals surface area contributed by atoms with Crippen molar-refractivity contribution in [2.75, 3.05) is 19.5 Å². The number of carboxylic acids is 1. The summed E-state index contributed by atoms with van der Waals surface area (Å²) >= 11 is 0. The number of hydrogen-bond acceptors (Lipinski definition) is 7. The Hall–Kier alpha value is -4.20. The molecular weight excluding hydrogens is 412 g/mol. The third-order valence-electron chi connectivity index (χ3n) is 4.84. The fraction of sp³-hybridized carbons (Fsp3) is 0.167. The van der Waals surface area contributed by atoms with Crippen molar-refractivity contribution in [3.63, 3.8) is 0 Å². The second-order valence-corrected chi connectivity index (χ2v) is 6.84. The normalized spacial score (nSPS) is 11.2. The van der Waals surface area contributed by atoms with E-state index in [1.165, 1.54) is 14.2 Å². The zero-order valence-corrected chi connectivity index (χ0v) is 17.8. The molecule has 0 bridgehead atoms. The summed E-state index contributed by atoms with van der Waals surface area (Å²) in [5, 5.41) is 13.1. The van der Waals surface area contributed by atoms with Crippen molar-refractivity contribution in [3.05, 3.63) is 71.4 Å². The smallest absolute Gasteiger partial charge is 0.354 e. The summed E-state index contributed by atoms with van der Waals surface area (Å²) in [7, 11) is 2.40. The second-order valence-electron chi connectivity index (χ2n) is 6.84.